The summed E-state index contributed by atoms with van der Waals surface area (Å²) >= 11 is 0. The van der Waals surface area contributed by atoms with E-state index in [1.807, 2.05) is 115 Å². The Bertz CT molecular complexity index is 1410. The molecule has 4 aromatic rings. The molecular weight excluding hydrogens is 460 g/mol. The van der Waals surface area contributed by atoms with Crippen LogP contribution in [0.1, 0.15) is 28.3 Å². The minimum atomic E-state index is -1.32. The fraction of sp³-hybridized carbons (Fsp3) is 0.125. The lowest BCUT2D eigenvalue weighted by molar-refractivity contribution is -0.145. The summed E-state index contributed by atoms with van der Waals surface area (Å²) in [5.41, 5.74) is 3.31. The second kappa shape index (κ2) is 9.52. The standard InChI is InChI=1S/C32H26N2O3/c35-29-21-20-28(37-29)32(33-30(24-14-6-2-7-15-24)25-16-8-3-9-17-25)26-18-10-11-19-27(26)34(31(32)36)22-23-12-4-1-5-13-23/h1-21,28,30,33H,22H2. The SMILES string of the molecule is O=C1C=CC(C2(NC(c3ccccc3)c3ccccc3)C(=O)N(Cc3ccccc3)c3ccccc32)O1. The Balaban J connectivity index is 1.52. The number of carbonyl (C=O) groups is 2. The fourth-order valence-electron chi connectivity index (χ4n) is 5.38. The zero-order chi connectivity index (χ0) is 25.2. The van der Waals surface area contributed by atoms with Gasteiger partial charge in [0.25, 0.3) is 5.91 Å². The van der Waals surface area contributed by atoms with Gasteiger partial charge in [-0.2, -0.15) is 0 Å². The van der Waals surface area contributed by atoms with Gasteiger partial charge in [0.05, 0.1) is 12.6 Å². The van der Waals surface area contributed by atoms with Crippen molar-refractivity contribution >= 4 is 17.6 Å². The van der Waals surface area contributed by atoms with Crippen molar-refractivity contribution in [1.82, 2.24) is 5.32 Å². The third-order valence-corrected chi connectivity index (χ3v) is 7.10. The summed E-state index contributed by atoms with van der Waals surface area (Å²) in [6.07, 6.45) is 2.30. The van der Waals surface area contributed by atoms with Crippen molar-refractivity contribution < 1.29 is 14.3 Å². The molecule has 0 aromatic heterocycles. The number of amides is 1. The van der Waals surface area contributed by atoms with Crippen LogP contribution < -0.4 is 10.2 Å². The summed E-state index contributed by atoms with van der Waals surface area (Å²) in [6, 6.07) is 37.4. The van der Waals surface area contributed by atoms with Crippen molar-refractivity contribution in [3.8, 4) is 0 Å². The predicted molar refractivity (Wildman–Crippen MR) is 143 cm³/mol. The molecule has 4 aromatic carbocycles. The summed E-state index contributed by atoms with van der Waals surface area (Å²) < 4.78 is 5.79. The smallest absolute Gasteiger partial charge is 0.331 e. The van der Waals surface area contributed by atoms with Gasteiger partial charge in [-0.25, -0.2) is 4.79 Å². The van der Waals surface area contributed by atoms with Crippen molar-refractivity contribution in [3.05, 3.63) is 150 Å². The highest BCUT2D eigenvalue weighted by Gasteiger charge is 2.58. The molecule has 2 aliphatic heterocycles. The summed E-state index contributed by atoms with van der Waals surface area (Å²) in [5, 5.41) is 3.73. The number of para-hydroxylation sites is 1. The third kappa shape index (κ3) is 4.03. The van der Waals surface area contributed by atoms with E-state index in [1.165, 1.54) is 6.08 Å². The van der Waals surface area contributed by atoms with Crippen LogP contribution in [0, 0.1) is 0 Å². The Morgan fingerprint density at radius 1 is 0.757 bits per heavy atom. The third-order valence-electron chi connectivity index (χ3n) is 7.10. The normalized spacial score (nSPS) is 20.4. The Kier molecular flexibility index (Phi) is 5.91. The molecule has 37 heavy (non-hydrogen) atoms. The molecule has 1 N–H and O–H groups in total. The first kappa shape index (κ1) is 23.0. The molecule has 0 saturated carbocycles. The van der Waals surface area contributed by atoms with E-state index < -0.39 is 17.6 Å². The topological polar surface area (TPSA) is 58.6 Å². The largest absolute Gasteiger partial charge is 0.452 e. The number of benzene rings is 4. The van der Waals surface area contributed by atoms with Crippen molar-refractivity contribution in [2.45, 2.75) is 24.2 Å². The average molecular weight is 487 g/mol. The number of anilines is 1. The maximum absolute atomic E-state index is 14.6. The Morgan fingerprint density at radius 2 is 1.32 bits per heavy atom. The van der Waals surface area contributed by atoms with Crippen molar-refractivity contribution in [2.75, 3.05) is 4.90 Å². The molecule has 0 saturated heterocycles. The van der Waals surface area contributed by atoms with E-state index >= 15 is 0 Å². The molecule has 0 spiro atoms. The lowest BCUT2D eigenvalue weighted by Gasteiger charge is -2.37. The van der Waals surface area contributed by atoms with E-state index in [4.69, 9.17) is 4.74 Å². The molecule has 0 aliphatic carbocycles. The van der Waals surface area contributed by atoms with E-state index in [9.17, 15) is 9.59 Å². The number of nitrogens with zero attached hydrogens (tertiary/aromatic N) is 1. The minimum Gasteiger partial charge on any atom is -0.452 e. The van der Waals surface area contributed by atoms with Crippen LogP contribution in [0.5, 0.6) is 0 Å². The molecule has 2 atom stereocenters. The van der Waals surface area contributed by atoms with Crippen LogP contribution in [0.2, 0.25) is 0 Å². The van der Waals surface area contributed by atoms with Crippen molar-refractivity contribution in [1.29, 1.82) is 0 Å². The van der Waals surface area contributed by atoms with Gasteiger partial charge < -0.3 is 9.64 Å². The lowest BCUT2D eigenvalue weighted by Crippen LogP contribution is -2.59. The lowest BCUT2D eigenvalue weighted by atomic mass is 9.83. The van der Waals surface area contributed by atoms with E-state index in [2.05, 4.69) is 5.32 Å². The number of fused-ring (bicyclic) bond motifs is 1. The van der Waals surface area contributed by atoms with Gasteiger partial charge >= 0.3 is 5.97 Å². The maximum Gasteiger partial charge on any atom is 0.331 e. The van der Waals surface area contributed by atoms with Crippen LogP contribution in [-0.2, 0) is 26.4 Å². The average Bonchev–Trinajstić information content (AvgIpc) is 3.49. The van der Waals surface area contributed by atoms with E-state index in [1.54, 1.807) is 11.0 Å². The summed E-state index contributed by atoms with van der Waals surface area (Å²) in [7, 11) is 0. The molecule has 5 heteroatoms. The number of cyclic esters (lactones) is 1. The molecule has 2 heterocycles. The highest BCUT2D eigenvalue weighted by molar-refractivity contribution is 6.09. The van der Waals surface area contributed by atoms with Crippen LogP contribution in [0.4, 0.5) is 5.69 Å². The molecular formula is C32H26N2O3. The van der Waals surface area contributed by atoms with Gasteiger partial charge in [0.15, 0.2) is 11.6 Å². The van der Waals surface area contributed by atoms with Gasteiger partial charge in [0.1, 0.15) is 0 Å². The number of hydrogen-bond donors (Lipinski definition) is 1. The second-order valence-corrected chi connectivity index (χ2v) is 9.32. The fourth-order valence-corrected chi connectivity index (χ4v) is 5.38. The van der Waals surface area contributed by atoms with E-state index in [0.717, 1.165) is 27.9 Å². The molecule has 0 fully saturated rings. The van der Waals surface area contributed by atoms with Gasteiger partial charge in [-0.15, -0.1) is 0 Å². The first-order valence-electron chi connectivity index (χ1n) is 12.4. The highest BCUT2D eigenvalue weighted by Crippen LogP contribution is 2.47. The number of esters is 1. The number of rotatable bonds is 7. The molecule has 6 rings (SSSR count). The zero-order valence-corrected chi connectivity index (χ0v) is 20.2. The molecule has 0 radical (unpaired) electrons. The van der Waals surface area contributed by atoms with Gasteiger partial charge in [-0.3, -0.25) is 10.1 Å². The van der Waals surface area contributed by atoms with Crippen LogP contribution in [-0.4, -0.2) is 18.0 Å². The second-order valence-electron chi connectivity index (χ2n) is 9.32. The van der Waals surface area contributed by atoms with E-state index in [0.29, 0.717) is 6.54 Å². The zero-order valence-electron chi connectivity index (χ0n) is 20.2. The predicted octanol–water partition coefficient (Wildman–Crippen LogP) is 5.29. The van der Waals surface area contributed by atoms with Gasteiger partial charge in [0.2, 0.25) is 0 Å². The number of ether oxygens (including phenoxy) is 1. The summed E-state index contributed by atoms with van der Waals surface area (Å²) in [6.45, 7) is 0.409. The van der Waals surface area contributed by atoms with Gasteiger partial charge in [0, 0.05) is 17.3 Å². The molecule has 2 aliphatic rings. The Hall–Kier alpha value is -4.48. The monoisotopic (exact) mass is 486 g/mol. The van der Waals surface area contributed by atoms with Crippen LogP contribution >= 0.6 is 0 Å². The van der Waals surface area contributed by atoms with Crippen LogP contribution in [0.15, 0.2) is 127 Å². The summed E-state index contributed by atoms with van der Waals surface area (Å²) in [4.78, 5) is 28.7. The molecule has 2 unspecified atom stereocenters. The molecule has 1 amide bonds. The van der Waals surface area contributed by atoms with Crippen LogP contribution in [0.3, 0.4) is 0 Å². The quantitative estimate of drug-likeness (QED) is 0.361. The van der Waals surface area contributed by atoms with E-state index in [-0.39, 0.29) is 11.9 Å². The van der Waals surface area contributed by atoms with Gasteiger partial charge in [-0.05, 0) is 28.8 Å². The minimum absolute atomic E-state index is 0.154. The van der Waals surface area contributed by atoms with Crippen molar-refractivity contribution in [3.63, 3.8) is 0 Å². The first-order chi connectivity index (χ1) is 18.2. The Morgan fingerprint density at radius 3 is 1.92 bits per heavy atom. The number of carbonyl (C=O) groups excluding carboxylic acids is 2. The highest BCUT2D eigenvalue weighted by atomic mass is 16.5. The van der Waals surface area contributed by atoms with Gasteiger partial charge in [-0.1, -0.05) is 109 Å². The molecule has 5 nitrogen and oxygen atoms in total. The Labute approximate surface area is 216 Å². The van der Waals surface area contributed by atoms with Crippen LogP contribution in [0.25, 0.3) is 0 Å². The first-order valence-corrected chi connectivity index (χ1v) is 12.4. The summed E-state index contributed by atoms with van der Waals surface area (Å²) in [5.74, 6) is -0.604. The number of nitrogens with one attached hydrogen (secondary N) is 1. The number of hydrogen-bond acceptors (Lipinski definition) is 4. The molecule has 182 valence electrons. The van der Waals surface area contributed by atoms with Crippen molar-refractivity contribution in [2.24, 2.45) is 0 Å². The molecule has 0 bridgehead atoms. The maximum atomic E-state index is 14.6.